The first-order chi connectivity index (χ1) is 7.78. The molecule has 2 rings (SSSR count). The van der Waals surface area contributed by atoms with Gasteiger partial charge in [0.2, 0.25) is 0 Å². The molecule has 2 heterocycles. The molecular formula is C12H22N4. The molecule has 16 heavy (non-hydrogen) atoms. The molecule has 0 saturated carbocycles. The Kier molecular flexibility index (Phi) is 3.83. The fourth-order valence-electron chi connectivity index (χ4n) is 2.43. The highest BCUT2D eigenvalue weighted by molar-refractivity contribution is 5.30. The number of piperidine rings is 1. The van der Waals surface area contributed by atoms with Gasteiger partial charge in [-0.3, -0.25) is 4.68 Å². The maximum absolute atomic E-state index is 5.63. The van der Waals surface area contributed by atoms with Crippen molar-refractivity contribution in [2.45, 2.75) is 32.7 Å². The van der Waals surface area contributed by atoms with E-state index in [9.17, 15) is 0 Å². The highest BCUT2D eigenvalue weighted by Crippen LogP contribution is 2.18. The van der Waals surface area contributed by atoms with Gasteiger partial charge in [-0.15, -0.1) is 0 Å². The lowest BCUT2D eigenvalue weighted by Crippen LogP contribution is -2.37. The van der Waals surface area contributed by atoms with E-state index in [0.717, 1.165) is 24.7 Å². The second kappa shape index (κ2) is 5.34. The molecule has 0 aromatic carbocycles. The van der Waals surface area contributed by atoms with E-state index in [2.05, 4.69) is 16.9 Å². The van der Waals surface area contributed by atoms with Crippen LogP contribution in [0.15, 0.2) is 12.4 Å². The topological polar surface area (TPSA) is 47.1 Å². The lowest BCUT2D eigenvalue weighted by Gasteiger charge is -2.32. The van der Waals surface area contributed by atoms with Crippen LogP contribution in [-0.2, 0) is 6.54 Å². The van der Waals surface area contributed by atoms with E-state index in [4.69, 9.17) is 5.73 Å². The molecular weight excluding hydrogens is 200 g/mol. The Hall–Kier alpha value is -1.03. The van der Waals surface area contributed by atoms with Crippen molar-refractivity contribution in [3.63, 3.8) is 0 Å². The smallest absolute Gasteiger partial charge is 0.0719 e. The zero-order valence-corrected chi connectivity index (χ0v) is 10.1. The first-order valence-corrected chi connectivity index (χ1v) is 6.28. The van der Waals surface area contributed by atoms with Crippen molar-refractivity contribution in [2.75, 3.05) is 25.4 Å². The molecule has 0 radical (unpaired) electrons. The Labute approximate surface area is 97.4 Å². The third kappa shape index (κ3) is 2.98. The molecule has 0 bridgehead atoms. The highest BCUT2D eigenvalue weighted by atomic mass is 15.3. The average Bonchev–Trinajstić information content (AvgIpc) is 2.73. The summed E-state index contributed by atoms with van der Waals surface area (Å²) in [5.41, 5.74) is 6.39. The van der Waals surface area contributed by atoms with Crippen molar-refractivity contribution in [1.82, 2.24) is 14.7 Å². The van der Waals surface area contributed by atoms with Crippen molar-refractivity contribution in [3.8, 4) is 0 Å². The molecule has 0 spiro atoms. The molecule has 1 fully saturated rings. The molecule has 0 amide bonds. The van der Waals surface area contributed by atoms with Gasteiger partial charge in [0.15, 0.2) is 0 Å². The molecule has 1 aromatic heterocycles. The molecule has 4 heteroatoms. The van der Waals surface area contributed by atoms with Crippen LogP contribution in [0.4, 0.5) is 5.69 Å². The minimum Gasteiger partial charge on any atom is -0.396 e. The maximum Gasteiger partial charge on any atom is 0.0719 e. The van der Waals surface area contributed by atoms with Crippen LogP contribution in [0, 0.1) is 5.92 Å². The summed E-state index contributed by atoms with van der Waals surface area (Å²) in [4.78, 5) is 2.55. The van der Waals surface area contributed by atoms with Crippen LogP contribution < -0.4 is 5.73 Å². The van der Waals surface area contributed by atoms with E-state index in [1.165, 1.54) is 32.4 Å². The molecule has 1 aliphatic heterocycles. The van der Waals surface area contributed by atoms with Crippen molar-refractivity contribution >= 4 is 5.69 Å². The number of rotatable bonds is 4. The summed E-state index contributed by atoms with van der Waals surface area (Å²) < 4.78 is 1.94. The van der Waals surface area contributed by atoms with E-state index in [-0.39, 0.29) is 0 Å². The van der Waals surface area contributed by atoms with Gasteiger partial charge in [0.05, 0.1) is 18.4 Å². The van der Waals surface area contributed by atoms with Gasteiger partial charge in [-0.25, -0.2) is 0 Å². The normalized spacial score (nSPS) is 22.4. The number of aromatic nitrogens is 2. The minimum absolute atomic E-state index is 0.755. The second-order valence-electron chi connectivity index (χ2n) is 4.75. The predicted molar refractivity (Wildman–Crippen MR) is 66.1 cm³/mol. The van der Waals surface area contributed by atoms with E-state index < -0.39 is 0 Å². The Morgan fingerprint density at radius 2 is 2.38 bits per heavy atom. The van der Waals surface area contributed by atoms with Crippen LogP contribution in [0.5, 0.6) is 0 Å². The lowest BCUT2D eigenvalue weighted by molar-refractivity contribution is 0.165. The fourth-order valence-corrected chi connectivity index (χ4v) is 2.43. The number of hydrogen-bond acceptors (Lipinski definition) is 3. The summed E-state index contributed by atoms with van der Waals surface area (Å²) in [6.07, 6.45) is 7.68. The number of hydrogen-bond donors (Lipinski definition) is 1. The fraction of sp³-hybridized carbons (Fsp3) is 0.750. The van der Waals surface area contributed by atoms with Gasteiger partial charge in [0.1, 0.15) is 0 Å². The molecule has 0 aliphatic carbocycles. The Morgan fingerprint density at radius 3 is 3.06 bits per heavy atom. The molecule has 1 saturated heterocycles. The zero-order chi connectivity index (χ0) is 11.4. The number of likely N-dealkylation sites (tertiary alicyclic amines) is 1. The Balaban J connectivity index is 1.77. The number of nitrogen functional groups attached to an aromatic ring is 1. The molecule has 90 valence electrons. The quantitative estimate of drug-likeness (QED) is 0.841. The van der Waals surface area contributed by atoms with Crippen molar-refractivity contribution < 1.29 is 0 Å². The summed E-state index contributed by atoms with van der Waals surface area (Å²) >= 11 is 0. The van der Waals surface area contributed by atoms with E-state index in [1.807, 2.05) is 10.9 Å². The summed E-state index contributed by atoms with van der Waals surface area (Å²) in [6, 6.07) is 0. The monoisotopic (exact) mass is 222 g/mol. The molecule has 4 nitrogen and oxygen atoms in total. The number of nitrogens with zero attached hydrogens (tertiary/aromatic N) is 3. The largest absolute Gasteiger partial charge is 0.396 e. The minimum atomic E-state index is 0.755. The number of nitrogens with two attached hydrogens (primary N) is 1. The van der Waals surface area contributed by atoms with Crippen LogP contribution >= 0.6 is 0 Å². The second-order valence-corrected chi connectivity index (χ2v) is 4.75. The summed E-state index contributed by atoms with van der Waals surface area (Å²) in [6.45, 7) is 6.84. The lowest BCUT2D eigenvalue weighted by atomic mass is 9.96. The van der Waals surface area contributed by atoms with Gasteiger partial charge in [-0.05, 0) is 25.3 Å². The zero-order valence-electron chi connectivity index (χ0n) is 10.1. The Bertz CT molecular complexity index is 321. The van der Waals surface area contributed by atoms with E-state index >= 15 is 0 Å². The number of anilines is 1. The van der Waals surface area contributed by atoms with Crippen molar-refractivity contribution in [2.24, 2.45) is 5.92 Å². The van der Waals surface area contributed by atoms with Crippen molar-refractivity contribution in [3.05, 3.63) is 12.4 Å². The van der Waals surface area contributed by atoms with Crippen molar-refractivity contribution in [1.29, 1.82) is 0 Å². The first kappa shape index (κ1) is 11.5. The third-order valence-electron chi connectivity index (χ3n) is 3.48. The maximum atomic E-state index is 5.63. The van der Waals surface area contributed by atoms with Gasteiger partial charge < -0.3 is 10.6 Å². The summed E-state index contributed by atoms with van der Waals surface area (Å²) in [5.74, 6) is 0.899. The Morgan fingerprint density at radius 1 is 1.50 bits per heavy atom. The molecule has 1 aliphatic rings. The van der Waals surface area contributed by atoms with Gasteiger partial charge in [0, 0.05) is 19.3 Å². The van der Waals surface area contributed by atoms with Crippen LogP contribution in [0.2, 0.25) is 0 Å². The summed E-state index contributed by atoms with van der Waals surface area (Å²) in [5, 5.41) is 4.20. The van der Waals surface area contributed by atoms with Crippen LogP contribution in [0.3, 0.4) is 0 Å². The van der Waals surface area contributed by atoms with Gasteiger partial charge in [-0.2, -0.15) is 5.10 Å². The SMILES string of the molecule is CCC1CCCN(CCn2cc(N)cn2)C1. The standard InChI is InChI=1S/C12H22N4/c1-2-11-4-3-5-15(9-11)6-7-16-10-12(13)8-14-16/h8,10-11H,2-7,9,13H2,1H3. The molecule has 1 atom stereocenters. The highest BCUT2D eigenvalue weighted by Gasteiger charge is 2.17. The van der Waals surface area contributed by atoms with E-state index in [0.29, 0.717) is 0 Å². The molecule has 1 unspecified atom stereocenters. The van der Waals surface area contributed by atoms with E-state index in [1.54, 1.807) is 6.20 Å². The van der Waals surface area contributed by atoms with Crippen LogP contribution in [0.25, 0.3) is 0 Å². The van der Waals surface area contributed by atoms with Crippen LogP contribution in [-0.4, -0.2) is 34.3 Å². The van der Waals surface area contributed by atoms with Gasteiger partial charge in [-0.1, -0.05) is 13.3 Å². The average molecular weight is 222 g/mol. The van der Waals surface area contributed by atoms with Gasteiger partial charge >= 0.3 is 0 Å². The predicted octanol–water partition coefficient (Wildman–Crippen LogP) is 1.59. The first-order valence-electron chi connectivity index (χ1n) is 6.28. The van der Waals surface area contributed by atoms with Gasteiger partial charge in [0.25, 0.3) is 0 Å². The summed E-state index contributed by atoms with van der Waals surface area (Å²) in [7, 11) is 0. The third-order valence-corrected chi connectivity index (χ3v) is 3.48. The van der Waals surface area contributed by atoms with Crippen LogP contribution in [0.1, 0.15) is 26.2 Å². The molecule has 2 N–H and O–H groups in total. The molecule has 1 aromatic rings.